The van der Waals surface area contributed by atoms with E-state index in [0.717, 1.165) is 19.4 Å². The van der Waals surface area contributed by atoms with Gasteiger partial charge in [-0.05, 0) is 42.7 Å². The zero-order valence-electron chi connectivity index (χ0n) is 15.2. The molecule has 1 aliphatic heterocycles. The average Bonchev–Trinajstić information content (AvgIpc) is 2.61. The van der Waals surface area contributed by atoms with Crippen LogP contribution >= 0.6 is 0 Å². The monoisotopic (exact) mass is 330 g/mol. The van der Waals surface area contributed by atoms with Gasteiger partial charge in [-0.25, -0.2) is 0 Å². The molecule has 132 valence electrons. The van der Waals surface area contributed by atoms with Crippen LogP contribution in [0, 0.1) is 0 Å². The predicted octanol–water partition coefficient (Wildman–Crippen LogP) is 3.78. The maximum atomic E-state index is 12.6. The van der Waals surface area contributed by atoms with Crippen LogP contribution in [0.2, 0.25) is 0 Å². The third-order valence-electron chi connectivity index (χ3n) is 4.88. The fraction of sp³-hybridized carbons (Fsp3) is 0.600. The van der Waals surface area contributed by atoms with Crippen LogP contribution in [0.3, 0.4) is 0 Å². The molecule has 0 radical (unpaired) electrons. The molecule has 1 N–H and O–H groups in total. The van der Waals surface area contributed by atoms with Crippen molar-refractivity contribution in [3.8, 4) is 0 Å². The van der Waals surface area contributed by atoms with Gasteiger partial charge >= 0.3 is 0 Å². The van der Waals surface area contributed by atoms with Crippen molar-refractivity contribution >= 4 is 11.8 Å². The van der Waals surface area contributed by atoms with Gasteiger partial charge in [-0.1, -0.05) is 38.1 Å². The van der Waals surface area contributed by atoms with Gasteiger partial charge in [0.25, 0.3) is 0 Å². The number of benzene rings is 1. The number of carbonyl (C=O) groups excluding carboxylic acids is 2. The lowest BCUT2D eigenvalue weighted by molar-refractivity contribution is -0.135. The summed E-state index contributed by atoms with van der Waals surface area (Å²) in [6, 6.07) is 8.91. The first-order chi connectivity index (χ1) is 11.5. The van der Waals surface area contributed by atoms with Gasteiger partial charge in [-0.15, -0.1) is 0 Å². The minimum absolute atomic E-state index is 0.00210. The molecular formula is C20H30N2O2. The molecule has 1 aliphatic rings. The number of likely N-dealkylation sites (tertiary alicyclic amines) is 1. The zero-order chi connectivity index (χ0) is 17.5. The molecule has 0 aromatic heterocycles. The molecule has 2 rings (SSSR count). The molecule has 0 spiro atoms. The predicted molar refractivity (Wildman–Crippen MR) is 96.8 cm³/mol. The van der Waals surface area contributed by atoms with Crippen LogP contribution in [-0.2, 0) is 9.59 Å². The lowest BCUT2D eigenvalue weighted by Crippen LogP contribution is -2.38. The van der Waals surface area contributed by atoms with E-state index in [4.69, 9.17) is 0 Å². The highest BCUT2D eigenvalue weighted by atomic mass is 16.2. The molecule has 24 heavy (non-hydrogen) atoms. The highest BCUT2D eigenvalue weighted by Crippen LogP contribution is 2.32. The second kappa shape index (κ2) is 8.86. The third-order valence-corrected chi connectivity index (χ3v) is 4.88. The largest absolute Gasteiger partial charge is 0.359 e. The van der Waals surface area contributed by atoms with E-state index >= 15 is 0 Å². The van der Waals surface area contributed by atoms with Gasteiger partial charge in [0.15, 0.2) is 0 Å². The summed E-state index contributed by atoms with van der Waals surface area (Å²) in [5.41, 5.74) is 2.57. The number of nitrogens with zero attached hydrogens (tertiary/aromatic N) is 1. The summed E-state index contributed by atoms with van der Waals surface area (Å²) in [6.45, 7) is 5.21. The van der Waals surface area contributed by atoms with E-state index < -0.39 is 0 Å². The highest BCUT2D eigenvalue weighted by molar-refractivity contribution is 5.79. The van der Waals surface area contributed by atoms with E-state index in [9.17, 15) is 9.59 Å². The van der Waals surface area contributed by atoms with Crippen molar-refractivity contribution in [2.45, 2.75) is 64.3 Å². The molecule has 0 unspecified atom stereocenters. The minimum atomic E-state index is 0.00210. The summed E-state index contributed by atoms with van der Waals surface area (Å²) in [4.78, 5) is 26.0. The van der Waals surface area contributed by atoms with Crippen molar-refractivity contribution in [3.63, 3.8) is 0 Å². The minimum Gasteiger partial charge on any atom is -0.359 e. The number of hydrogen-bond acceptors (Lipinski definition) is 2. The molecule has 1 atom stereocenters. The van der Waals surface area contributed by atoms with Gasteiger partial charge in [0.1, 0.15) is 0 Å². The van der Waals surface area contributed by atoms with Gasteiger partial charge in [0.05, 0.1) is 6.04 Å². The van der Waals surface area contributed by atoms with E-state index in [1.165, 1.54) is 17.5 Å². The summed E-state index contributed by atoms with van der Waals surface area (Å²) >= 11 is 0. The van der Waals surface area contributed by atoms with Crippen molar-refractivity contribution in [2.75, 3.05) is 13.6 Å². The molecule has 1 aromatic carbocycles. The van der Waals surface area contributed by atoms with Crippen LogP contribution in [0.4, 0.5) is 0 Å². The number of hydrogen-bond donors (Lipinski definition) is 1. The summed E-state index contributed by atoms with van der Waals surface area (Å²) < 4.78 is 0. The van der Waals surface area contributed by atoms with Crippen LogP contribution in [0.5, 0.6) is 0 Å². The van der Waals surface area contributed by atoms with E-state index in [-0.39, 0.29) is 17.9 Å². The Labute approximate surface area is 145 Å². The molecule has 0 saturated carbocycles. The van der Waals surface area contributed by atoms with Gasteiger partial charge in [0.2, 0.25) is 11.8 Å². The normalized spacial score (nSPS) is 17.8. The maximum Gasteiger partial charge on any atom is 0.223 e. The van der Waals surface area contributed by atoms with Gasteiger partial charge in [-0.3, -0.25) is 9.59 Å². The van der Waals surface area contributed by atoms with E-state index in [2.05, 4.69) is 43.4 Å². The van der Waals surface area contributed by atoms with Crippen LogP contribution in [0.1, 0.15) is 75.5 Å². The first-order valence-corrected chi connectivity index (χ1v) is 9.13. The first-order valence-electron chi connectivity index (χ1n) is 9.13. The fourth-order valence-electron chi connectivity index (χ4n) is 3.35. The van der Waals surface area contributed by atoms with Crippen LogP contribution in [-0.4, -0.2) is 30.3 Å². The number of amides is 2. The second-order valence-electron chi connectivity index (χ2n) is 6.95. The maximum absolute atomic E-state index is 12.6. The second-order valence-corrected chi connectivity index (χ2v) is 6.95. The fourth-order valence-corrected chi connectivity index (χ4v) is 3.35. The molecule has 2 amide bonds. The molecule has 1 heterocycles. The topological polar surface area (TPSA) is 49.4 Å². The number of piperidine rings is 1. The summed E-state index contributed by atoms with van der Waals surface area (Å²) in [6.07, 6.45) is 4.76. The molecular weight excluding hydrogens is 300 g/mol. The Kier molecular flexibility index (Phi) is 6.83. The Hall–Kier alpha value is -1.84. The average molecular weight is 330 g/mol. The molecule has 1 fully saturated rings. The van der Waals surface area contributed by atoms with E-state index in [1.807, 2.05) is 4.90 Å². The van der Waals surface area contributed by atoms with E-state index in [1.54, 1.807) is 7.05 Å². The molecule has 4 heteroatoms. The quantitative estimate of drug-likeness (QED) is 0.863. The Morgan fingerprint density at radius 2 is 1.88 bits per heavy atom. The Bertz CT molecular complexity index is 551. The van der Waals surface area contributed by atoms with Gasteiger partial charge in [-0.2, -0.15) is 0 Å². The SMILES string of the molecule is CNC(=O)CCCC(=O)N1CCCC[C@@H]1c1ccc(C(C)C)cc1. The first kappa shape index (κ1) is 18.5. The van der Waals surface area contributed by atoms with Crippen LogP contribution in [0.15, 0.2) is 24.3 Å². The highest BCUT2D eigenvalue weighted by Gasteiger charge is 2.27. The summed E-state index contributed by atoms with van der Waals surface area (Å²) in [5.74, 6) is 0.701. The van der Waals surface area contributed by atoms with Crippen molar-refractivity contribution in [3.05, 3.63) is 35.4 Å². The van der Waals surface area contributed by atoms with E-state index in [0.29, 0.717) is 25.2 Å². The molecule has 1 aromatic rings. The smallest absolute Gasteiger partial charge is 0.223 e. The lowest BCUT2D eigenvalue weighted by atomic mass is 9.92. The van der Waals surface area contributed by atoms with Crippen LogP contribution < -0.4 is 5.32 Å². The number of carbonyl (C=O) groups is 2. The molecule has 0 bridgehead atoms. The van der Waals surface area contributed by atoms with Crippen molar-refractivity contribution in [2.24, 2.45) is 0 Å². The van der Waals surface area contributed by atoms with Crippen molar-refractivity contribution in [1.82, 2.24) is 10.2 Å². The number of nitrogens with one attached hydrogen (secondary N) is 1. The molecule has 1 saturated heterocycles. The summed E-state index contributed by atoms with van der Waals surface area (Å²) in [7, 11) is 1.63. The number of rotatable bonds is 6. The van der Waals surface area contributed by atoms with Crippen molar-refractivity contribution in [1.29, 1.82) is 0 Å². The van der Waals surface area contributed by atoms with Crippen LogP contribution in [0.25, 0.3) is 0 Å². The molecule has 4 nitrogen and oxygen atoms in total. The Morgan fingerprint density at radius 1 is 1.17 bits per heavy atom. The standard InChI is InChI=1S/C20H30N2O2/c1-15(2)16-10-12-17(13-11-16)18-7-4-5-14-22(18)20(24)9-6-8-19(23)21-3/h10-13,15,18H,4-9,14H2,1-3H3,(H,21,23)/t18-/m1/s1. The molecule has 0 aliphatic carbocycles. The lowest BCUT2D eigenvalue weighted by Gasteiger charge is -2.36. The van der Waals surface area contributed by atoms with Crippen molar-refractivity contribution < 1.29 is 9.59 Å². The third kappa shape index (κ3) is 4.83. The Balaban J connectivity index is 2.01. The van der Waals surface area contributed by atoms with Gasteiger partial charge in [0, 0.05) is 26.4 Å². The summed E-state index contributed by atoms with van der Waals surface area (Å²) in [5, 5.41) is 2.60. The van der Waals surface area contributed by atoms with Gasteiger partial charge < -0.3 is 10.2 Å². The Morgan fingerprint density at radius 3 is 2.50 bits per heavy atom. The zero-order valence-corrected chi connectivity index (χ0v) is 15.2.